The number of nitrogens with zero attached hydrogens (tertiary/aromatic N) is 2. The zero-order valence-corrected chi connectivity index (χ0v) is 21.9. The molecule has 8 heteroatoms. The molecule has 1 saturated heterocycles. The van der Waals surface area contributed by atoms with Crippen molar-refractivity contribution in [2.45, 2.75) is 84.2 Å². The standard InChI is InChI=1S/C28H35BN2O5/c1-6-33-26(32)16-19-10-7-8-13-25(19)34-18-24-22-17-20(29-35-27(2,3)28(4,5)36-29)14-15-23(22)30-31(24)21-11-9-12-21/h7-8,10,13-15,17,21H,6,9,11-12,16,18H2,1-5H3. The molecule has 7 nitrogen and oxygen atoms in total. The summed E-state index contributed by atoms with van der Waals surface area (Å²) in [7, 11) is -0.439. The first kappa shape index (κ1) is 24.8. The molecule has 3 aromatic rings. The predicted octanol–water partition coefficient (Wildman–Crippen LogP) is 4.75. The highest BCUT2D eigenvalue weighted by Crippen LogP contribution is 2.38. The lowest BCUT2D eigenvalue weighted by molar-refractivity contribution is -0.142. The third kappa shape index (κ3) is 4.64. The molecule has 0 amide bonds. The molecule has 2 aliphatic rings. The molecular formula is C28H35BN2O5. The molecule has 0 N–H and O–H groups in total. The zero-order valence-electron chi connectivity index (χ0n) is 21.9. The molecule has 0 spiro atoms. The second-order valence-corrected chi connectivity index (χ2v) is 10.7. The zero-order chi connectivity index (χ0) is 25.5. The Morgan fingerprint density at radius 2 is 1.83 bits per heavy atom. The Kier molecular flexibility index (Phi) is 6.60. The van der Waals surface area contributed by atoms with E-state index in [1.54, 1.807) is 0 Å². The van der Waals surface area contributed by atoms with E-state index in [2.05, 4.69) is 38.4 Å². The van der Waals surface area contributed by atoms with Gasteiger partial charge in [0.2, 0.25) is 0 Å². The summed E-state index contributed by atoms with van der Waals surface area (Å²) < 4.78 is 26.2. The van der Waals surface area contributed by atoms with Gasteiger partial charge in [-0.05, 0) is 71.5 Å². The number of carbonyl (C=O) groups is 1. The molecule has 190 valence electrons. The summed E-state index contributed by atoms with van der Waals surface area (Å²) in [5.41, 5.74) is 2.93. The molecule has 2 fully saturated rings. The Bertz CT molecular complexity index is 1250. The van der Waals surface area contributed by atoms with Crippen molar-refractivity contribution in [1.29, 1.82) is 0 Å². The molecule has 36 heavy (non-hydrogen) atoms. The van der Waals surface area contributed by atoms with Gasteiger partial charge in [0.05, 0.1) is 41.5 Å². The summed E-state index contributed by atoms with van der Waals surface area (Å²) in [5.74, 6) is 0.424. The lowest BCUT2D eigenvalue weighted by atomic mass is 9.78. The highest BCUT2D eigenvalue weighted by atomic mass is 16.7. The Morgan fingerprint density at radius 1 is 1.11 bits per heavy atom. The fourth-order valence-electron chi connectivity index (χ4n) is 4.68. The van der Waals surface area contributed by atoms with Gasteiger partial charge in [0.25, 0.3) is 0 Å². The summed E-state index contributed by atoms with van der Waals surface area (Å²) in [6.45, 7) is 10.8. The van der Waals surface area contributed by atoms with Gasteiger partial charge in [0.15, 0.2) is 0 Å². The minimum Gasteiger partial charge on any atom is -0.487 e. The van der Waals surface area contributed by atoms with Crippen LogP contribution in [0.15, 0.2) is 42.5 Å². The Labute approximate surface area is 213 Å². The predicted molar refractivity (Wildman–Crippen MR) is 139 cm³/mol. The molecule has 5 rings (SSSR count). The fourth-order valence-corrected chi connectivity index (χ4v) is 4.68. The first-order chi connectivity index (χ1) is 17.2. The first-order valence-corrected chi connectivity index (χ1v) is 12.9. The van der Waals surface area contributed by atoms with E-state index in [-0.39, 0.29) is 12.4 Å². The molecule has 1 saturated carbocycles. The average molecular weight is 490 g/mol. The second kappa shape index (κ2) is 9.56. The Morgan fingerprint density at radius 3 is 2.50 bits per heavy atom. The average Bonchev–Trinajstić information content (AvgIpc) is 3.24. The summed E-state index contributed by atoms with van der Waals surface area (Å²) >= 11 is 0. The van der Waals surface area contributed by atoms with Crippen LogP contribution in [0.5, 0.6) is 5.75 Å². The fraction of sp³-hybridized carbons (Fsp3) is 0.500. The minimum absolute atomic E-state index is 0.179. The Hall–Kier alpha value is -2.84. The van der Waals surface area contributed by atoms with E-state index in [4.69, 9.17) is 23.9 Å². The molecule has 2 heterocycles. The van der Waals surface area contributed by atoms with Crippen LogP contribution in [0.4, 0.5) is 0 Å². The third-order valence-electron chi connectivity index (χ3n) is 7.75. The van der Waals surface area contributed by atoms with E-state index >= 15 is 0 Å². The second-order valence-electron chi connectivity index (χ2n) is 10.7. The number of hydrogen-bond acceptors (Lipinski definition) is 6. The monoisotopic (exact) mass is 490 g/mol. The number of para-hydroxylation sites is 1. The van der Waals surface area contributed by atoms with Crippen LogP contribution in [0.1, 0.15) is 71.2 Å². The van der Waals surface area contributed by atoms with Gasteiger partial charge >= 0.3 is 13.1 Å². The van der Waals surface area contributed by atoms with Gasteiger partial charge in [-0.1, -0.05) is 30.3 Å². The third-order valence-corrected chi connectivity index (χ3v) is 7.75. The van der Waals surface area contributed by atoms with Crippen LogP contribution in [-0.4, -0.2) is 40.7 Å². The van der Waals surface area contributed by atoms with E-state index in [1.165, 1.54) is 6.42 Å². The maximum Gasteiger partial charge on any atom is 0.494 e. The number of rotatable bonds is 8. The highest BCUT2D eigenvalue weighted by Gasteiger charge is 2.51. The molecule has 0 atom stereocenters. The van der Waals surface area contributed by atoms with Crippen LogP contribution >= 0.6 is 0 Å². The summed E-state index contributed by atoms with van der Waals surface area (Å²) in [6.07, 6.45) is 3.62. The number of hydrogen-bond donors (Lipinski definition) is 0. The van der Waals surface area contributed by atoms with E-state index < -0.39 is 18.3 Å². The van der Waals surface area contributed by atoms with Crippen molar-refractivity contribution in [2.24, 2.45) is 0 Å². The molecule has 2 aromatic carbocycles. The van der Waals surface area contributed by atoms with E-state index in [0.29, 0.717) is 25.0 Å². The number of ether oxygens (including phenoxy) is 2. The number of benzene rings is 2. The van der Waals surface area contributed by atoms with Crippen LogP contribution in [0.2, 0.25) is 0 Å². The van der Waals surface area contributed by atoms with E-state index in [0.717, 1.165) is 40.5 Å². The van der Waals surface area contributed by atoms with Crippen LogP contribution in [0, 0.1) is 0 Å². The van der Waals surface area contributed by atoms with Gasteiger partial charge in [-0.25, -0.2) is 0 Å². The van der Waals surface area contributed by atoms with Crippen LogP contribution in [0.25, 0.3) is 10.9 Å². The van der Waals surface area contributed by atoms with Gasteiger partial charge in [-0.15, -0.1) is 0 Å². The van der Waals surface area contributed by atoms with Crippen LogP contribution in [-0.2, 0) is 31.9 Å². The van der Waals surface area contributed by atoms with Crippen molar-refractivity contribution in [1.82, 2.24) is 9.78 Å². The van der Waals surface area contributed by atoms with Crippen molar-refractivity contribution in [3.05, 3.63) is 53.7 Å². The minimum atomic E-state index is -0.439. The summed E-state index contributed by atoms with van der Waals surface area (Å²) in [6, 6.07) is 14.2. The maximum absolute atomic E-state index is 12.1. The summed E-state index contributed by atoms with van der Waals surface area (Å²) in [5, 5.41) is 5.99. The van der Waals surface area contributed by atoms with Gasteiger partial charge in [-0.3, -0.25) is 9.48 Å². The molecular weight excluding hydrogens is 455 g/mol. The lowest BCUT2D eigenvalue weighted by Crippen LogP contribution is -2.41. The molecule has 0 bridgehead atoms. The molecule has 1 aliphatic carbocycles. The Balaban J connectivity index is 1.45. The largest absolute Gasteiger partial charge is 0.494 e. The first-order valence-electron chi connectivity index (χ1n) is 12.9. The van der Waals surface area contributed by atoms with Crippen molar-refractivity contribution in [2.75, 3.05) is 6.61 Å². The van der Waals surface area contributed by atoms with Gasteiger partial charge < -0.3 is 18.8 Å². The molecule has 0 unspecified atom stereocenters. The smallest absolute Gasteiger partial charge is 0.487 e. The van der Waals surface area contributed by atoms with Gasteiger partial charge in [-0.2, -0.15) is 5.10 Å². The number of fused-ring (bicyclic) bond motifs is 1. The lowest BCUT2D eigenvalue weighted by Gasteiger charge is -2.32. The SMILES string of the molecule is CCOC(=O)Cc1ccccc1OCc1c2cc(B3OC(C)(C)C(C)(C)O3)ccc2nn1C1CCC1. The van der Waals surface area contributed by atoms with Crippen molar-refractivity contribution >= 4 is 29.5 Å². The molecule has 0 radical (unpaired) electrons. The number of carbonyl (C=O) groups excluding carboxylic acids is 1. The van der Waals surface area contributed by atoms with Gasteiger partial charge in [0, 0.05) is 10.9 Å². The molecule has 1 aliphatic heterocycles. The number of esters is 1. The van der Waals surface area contributed by atoms with E-state index in [1.807, 2.05) is 43.3 Å². The highest BCUT2D eigenvalue weighted by molar-refractivity contribution is 6.62. The topological polar surface area (TPSA) is 71.8 Å². The summed E-state index contributed by atoms with van der Waals surface area (Å²) in [4.78, 5) is 12.1. The van der Waals surface area contributed by atoms with Gasteiger partial charge in [0.1, 0.15) is 12.4 Å². The van der Waals surface area contributed by atoms with Crippen molar-refractivity contribution in [3.63, 3.8) is 0 Å². The normalized spacial score (nSPS) is 18.9. The van der Waals surface area contributed by atoms with E-state index in [9.17, 15) is 4.79 Å². The quantitative estimate of drug-likeness (QED) is 0.336. The van der Waals surface area contributed by atoms with Crippen molar-refractivity contribution in [3.8, 4) is 5.75 Å². The molecule has 1 aromatic heterocycles. The number of aromatic nitrogens is 2. The van der Waals surface area contributed by atoms with Crippen LogP contribution in [0.3, 0.4) is 0 Å². The van der Waals surface area contributed by atoms with Crippen LogP contribution < -0.4 is 10.2 Å². The van der Waals surface area contributed by atoms with Crippen molar-refractivity contribution < 1.29 is 23.6 Å². The maximum atomic E-state index is 12.1.